The Morgan fingerprint density at radius 2 is 2.35 bits per heavy atom. The van der Waals surface area contributed by atoms with Crippen molar-refractivity contribution in [3.63, 3.8) is 0 Å². The third-order valence-electron chi connectivity index (χ3n) is 2.23. The molecule has 0 spiro atoms. The van der Waals surface area contributed by atoms with Crippen LogP contribution in [0.3, 0.4) is 0 Å². The van der Waals surface area contributed by atoms with E-state index < -0.39 is 0 Å². The number of hydrogen-bond acceptors (Lipinski definition) is 5. The first-order valence-electron chi connectivity index (χ1n) is 5.68. The zero-order chi connectivity index (χ0) is 12.8. The van der Waals surface area contributed by atoms with Crippen LogP contribution < -0.4 is 11.1 Å². The minimum Gasteiger partial charge on any atom is -0.375 e. The second-order valence-corrected chi connectivity index (χ2v) is 6.25. The van der Waals surface area contributed by atoms with E-state index in [1.165, 1.54) is 23.1 Å². The number of hydrogen-bond donors (Lipinski definition) is 2. The molecule has 0 bridgehead atoms. The Bertz CT molecular complexity index is 379. The second kappa shape index (κ2) is 6.86. The molecule has 3 N–H and O–H groups in total. The summed E-state index contributed by atoms with van der Waals surface area (Å²) >= 11 is 2.94. The Balaban J connectivity index is 2.35. The molecule has 1 atom stereocenters. The number of anilines is 1. The highest BCUT2D eigenvalue weighted by Crippen LogP contribution is 2.30. The Morgan fingerprint density at radius 1 is 1.65 bits per heavy atom. The Morgan fingerprint density at radius 3 is 2.88 bits per heavy atom. The quantitative estimate of drug-likeness (QED) is 0.781. The van der Waals surface area contributed by atoms with E-state index in [4.69, 9.17) is 5.73 Å². The van der Waals surface area contributed by atoms with Crippen LogP contribution in [0, 0.1) is 6.92 Å². The van der Waals surface area contributed by atoms with Gasteiger partial charge in [-0.25, -0.2) is 4.98 Å². The first kappa shape index (κ1) is 14.3. The van der Waals surface area contributed by atoms with E-state index in [1.54, 1.807) is 0 Å². The van der Waals surface area contributed by atoms with Gasteiger partial charge in [0.1, 0.15) is 0 Å². The summed E-state index contributed by atoms with van der Waals surface area (Å²) in [4.78, 5) is 15.8. The number of nitrogens with zero attached hydrogens (tertiary/aromatic N) is 1. The van der Waals surface area contributed by atoms with Crippen LogP contribution in [0.4, 0.5) is 5.13 Å². The van der Waals surface area contributed by atoms with Gasteiger partial charge in [0, 0.05) is 6.04 Å². The van der Waals surface area contributed by atoms with Crippen LogP contribution in [0.1, 0.15) is 32.4 Å². The number of carbonyl (C=O) groups is 1. The van der Waals surface area contributed by atoms with Gasteiger partial charge in [0.15, 0.2) is 5.13 Å². The highest BCUT2D eigenvalue weighted by molar-refractivity contribution is 8.01. The molecule has 0 aliphatic carbocycles. The lowest BCUT2D eigenvalue weighted by molar-refractivity contribution is -0.119. The lowest BCUT2D eigenvalue weighted by Crippen LogP contribution is -2.33. The minimum absolute atomic E-state index is 0.0716. The molecule has 6 heteroatoms. The summed E-state index contributed by atoms with van der Waals surface area (Å²) in [6, 6.07) is 0.251. The fourth-order valence-electron chi connectivity index (χ4n) is 1.49. The van der Waals surface area contributed by atoms with Gasteiger partial charge in [0.05, 0.1) is 15.7 Å². The van der Waals surface area contributed by atoms with E-state index >= 15 is 0 Å². The molecule has 0 aliphatic heterocycles. The van der Waals surface area contributed by atoms with Crippen molar-refractivity contribution in [1.82, 2.24) is 10.3 Å². The molecule has 1 aromatic heterocycles. The first-order chi connectivity index (χ1) is 8.02. The molecule has 1 rings (SSSR count). The molecule has 1 amide bonds. The first-order valence-corrected chi connectivity index (χ1v) is 7.48. The topological polar surface area (TPSA) is 68.0 Å². The molecule has 0 saturated carbocycles. The van der Waals surface area contributed by atoms with E-state index in [1.807, 2.05) is 13.8 Å². The maximum absolute atomic E-state index is 11.6. The van der Waals surface area contributed by atoms with Gasteiger partial charge in [-0.2, -0.15) is 0 Å². The molecular weight excluding hydrogens is 254 g/mol. The molecule has 4 nitrogen and oxygen atoms in total. The summed E-state index contributed by atoms with van der Waals surface area (Å²) < 4.78 is 1.03. The van der Waals surface area contributed by atoms with Gasteiger partial charge in [0.2, 0.25) is 5.91 Å². The fourth-order valence-corrected chi connectivity index (χ4v) is 3.32. The van der Waals surface area contributed by atoms with Crippen LogP contribution in [-0.2, 0) is 4.79 Å². The highest BCUT2D eigenvalue weighted by Gasteiger charge is 2.10. The maximum atomic E-state index is 11.6. The normalized spacial score (nSPS) is 12.4. The Hall–Kier alpha value is -0.750. The molecule has 17 heavy (non-hydrogen) atoms. The number of nitrogens with two attached hydrogens (primary N) is 1. The molecule has 1 unspecified atom stereocenters. The molecule has 1 aromatic rings. The van der Waals surface area contributed by atoms with Gasteiger partial charge < -0.3 is 11.1 Å². The van der Waals surface area contributed by atoms with Crippen molar-refractivity contribution in [3.8, 4) is 0 Å². The average Bonchev–Trinajstić information content (AvgIpc) is 2.54. The van der Waals surface area contributed by atoms with Crippen LogP contribution in [0.2, 0.25) is 0 Å². The van der Waals surface area contributed by atoms with Gasteiger partial charge >= 0.3 is 0 Å². The molecule has 0 aromatic carbocycles. The predicted molar refractivity (Wildman–Crippen MR) is 74.5 cm³/mol. The average molecular weight is 273 g/mol. The second-order valence-electron chi connectivity index (χ2n) is 3.97. The number of nitrogens with one attached hydrogen (secondary N) is 1. The van der Waals surface area contributed by atoms with Crippen molar-refractivity contribution >= 4 is 34.1 Å². The number of rotatable bonds is 6. The van der Waals surface area contributed by atoms with E-state index in [2.05, 4.69) is 17.2 Å². The predicted octanol–water partition coefficient (Wildman–Crippen LogP) is 2.43. The number of aryl methyl sites for hydroxylation is 1. The van der Waals surface area contributed by atoms with Crippen LogP contribution >= 0.6 is 23.1 Å². The zero-order valence-electron chi connectivity index (χ0n) is 10.4. The number of thioether (sulfide) groups is 1. The minimum atomic E-state index is 0.0716. The van der Waals surface area contributed by atoms with Crippen molar-refractivity contribution in [1.29, 1.82) is 0 Å². The molecule has 0 radical (unpaired) electrons. The fraction of sp³-hybridized carbons (Fsp3) is 0.636. The lowest BCUT2D eigenvalue weighted by atomic mass is 10.2. The Kier molecular flexibility index (Phi) is 5.77. The molecule has 0 fully saturated rings. The summed E-state index contributed by atoms with van der Waals surface area (Å²) in [5, 5.41) is 3.53. The molecule has 1 heterocycles. The SMILES string of the molecule is CCCC(C)NC(=O)CSc1sc(N)nc1C. The number of aromatic nitrogens is 1. The Labute approximate surface area is 110 Å². The van der Waals surface area contributed by atoms with Crippen molar-refractivity contribution in [2.24, 2.45) is 0 Å². The lowest BCUT2D eigenvalue weighted by Gasteiger charge is -2.12. The smallest absolute Gasteiger partial charge is 0.230 e. The summed E-state index contributed by atoms with van der Waals surface area (Å²) in [5.41, 5.74) is 6.51. The van der Waals surface area contributed by atoms with Crippen molar-refractivity contribution < 1.29 is 4.79 Å². The monoisotopic (exact) mass is 273 g/mol. The van der Waals surface area contributed by atoms with Gasteiger partial charge in [-0.05, 0) is 20.3 Å². The van der Waals surface area contributed by atoms with E-state index in [0.717, 1.165) is 22.7 Å². The van der Waals surface area contributed by atoms with Gasteiger partial charge in [-0.1, -0.05) is 24.7 Å². The van der Waals surface area contributed by atoms with E-state index in [-0.39, 0.29) is 11.9 Å². The van der Waals surface area contributed by atoms with Crippen LogP contribution in [0.5, 0.6) is 0 Å². The molecule has 0 saturated heterocycles. The van der Waals surface area contributed by atoms with Crippen molar-refractivity contribution in [2.75, 3.05) is 11.5 Å². The highest BCUT2D eigenvalue weighted by atomic mass is 32.2. The summed E-state index contributed by atoms with van der Waals surface area (Å²) in [7, 11) is 0. The molecular formula is C11H19N3OS2. The zero-order valence-corrected chi connectivity index (χ0v) is 12.1. The summed E-state index contributed by atoms with van der Waals surface area (Å²) in [6.07, 6.45) is 2.10. The molecule has 0 aliphatic rings. The van der Waals surface area contributed by atoms with E-state index in [9.17, 15) is 4.79 Å². The number of nitrogen functional groups attached to an aromatic ring is 1. The van der Waals surface area contributed by atoms with Gasteiger partial charge in [-0.3, -0.25) is 4.79 Å². The third-order valence-corrected chi connectivity index (χ3v) is 4.58. The van der Waals surface area contributed by atoms with E-state index in [0.29, 0.717) is 10.9 Å². The summed E-state index contributed by atoms with van der Waals surface area (Å²) in [6.45, 7) is 6.05. The number of thiazole rings is 1. The number of carbonyl (C=O) groups excluding carboxylic acids is 1. The largest absolute Gasteiger partial charge is 0.375 e. The number of amides is 1. The van der Waals surface area contributed by atoms with Gasteiger partial charge in [0.25, 0.3) is 0 Å². The van der Waals surface area contributed by atoms with Crippen LogP contribution in [-0.4, -0.2) is 22.7 Å². The summed E-state index contributed by atoms with van der Waals surface area (Å²) in [5.74, 6) is 0.499. The third kappa shape index (κ3) is 4.95. The standard InChI is InChI=1S/C11H19N3OS2/c1-4-5-7(2)13-9(15)6-16-10-8(3)14-11(12)17-10/h7H,4-6H2,1-3H3,(H2,12,14)(H,13,15). The van der Waals surface area contributed by atoms with Gasteiger partial charge in [-0.15, -0.1) is 11.8 Å². The van der Waals surface area contributed by atoms with Crippen molar-refractivity contribution in [2.45, 2.75) is 43.9 Å². The molecule has 96 valence electrons. The van der Waals surface area contributed by atoms with Crippen LogP contribution in [0.25, 0.3) is 0 Å². The van der Waals surface area contributed by atoms with Crippen LogP contribution in [0.15, 0.2) is 4.21 Å². The maximum Gasteiger partial charge on any atom is 0.230 e. The van der Waals surface area contributed by atoms with Crippen molar-refractivity contribution in [3.05, 3.63) is 5.69 Å².